The molecule has 1 heterocycles. The summed E-state index contributed by atoms with van der Waals surface area (Å²) < 4.78 is 1.84. The first-order valence-corrected chi connectivity index (χ1v) is 9.32. The number of para-hydroxylation sites is 2. The van der Waals surface area contributed by atoms with Crippen LogP contribution in [0.5, 0.6) is 0 Å². The maximum Gasteiger partial charge on any atom is 0.252 e. The minimum absolute atomic E-state index is 0.158. The van der Waals surface area contributed by atoms with E-state index >= 15 is 0 Å². The Kier molecular flexibility index (Phi) is 5.23. The minimum atomic E-state index is -0.446. The Bertz CT molecular complexity index is 1030. The third kappa shape index (κ3) is 4.06. The summed E-state index contributed by atoms with van der Waals surface area (Å²) in [5.41, 5.74) is 3.33. The van der Waals surface area contributed by atoms with Gasteiger partial charge in [-0.15, -0.1) is 0 Å². The maximum absolute atomic E-state index is 12.9. The van der Waals surface area contributed by atoms with E-state index in [1.54, 1.807) is 24.5 Å². The number of amides is 2. The Morgan fingerprint density at radius 1 is 1.07 bits per heavy atom. The number of fused-ring (bicyclic) bond motifs is 1. The number of imidazole rings is 1. The van der Waals surface area contributed by atoms with Crippen molar-refractivity contribution in [3.05, 3.63) is 59.9 Å². The van der Waals surface area contributed by atoms with E-state index in [0.29, 0.717) is 11.3 Å². The molecule has 3 aromatic rings. The number of hydrogen-bond acceptors (Lipinski definition) is 3. The SMILES string of the molecule is Cc1c(NC(=O)C(C)n2cnc3ccccc32)cccc1C(=O)NC(C)(C)C. The zero-order valence-corrected chi connectivity index (χ0v) is 16.9. The number of nitrogens with zero attached hydrogens (tertiary/aromatic N) is 2. The number of carbonyl (C=O) groups is 2. The summed E-state index contributed by atoms with van der Waals surface area (Å²) in [5.74, 6) is -0.325. The summed E-state index contributed by atoms with van der Waals surface area (Å²) in [6.45, 7) is 9.47. The Balaban J connectivity index is 1.82. The van der Waals surface area contributed by atoms with Gasteiger partial charge in [-0.05, 0) is 64.4 Å². The summed E-state index contributed by atoms with van der Waals surface area (Å²) in [7, 11) is 0. The van der Waals surface area contributed by atoms with Crippen molar-refractivity contribution in [3.63, 3.8) is 0 Å². The molecular weight excluding hydrogens is 352 g/mol. The highest BCUT2D eigenvalue weighted by Crippen LogP contribution is 2.23. The fourth-order valence-electron chi connectivity index (χ4n) is 3.08. The van der Waals surface area contributed by atoms with Crippen LogP contribution in [-0.4, -0.2) is 26.9 Å². The molecule has 6 nitrogen and oxygen atoms in total. The average Bonchev–Trinajstić information content (AvgIpc) is 3.05. The van der Waals surface area contributed by atoms with Crippen LogP contribution >= 0.6 is 0 Å². The average molecular weight is 378 g/mol. The number of hydrogen-bond donors (Lipinski definition) is 2. The normalized spacial score (nSPS) is 12.6. The van der Waals surface area contributed by atoms with Gasteiger partial charge < -0.3 is 15.2 Å². The zero-order chi connectivity index (χ0) is 20.5. The van der Waals surface area contributed by atoms with Gasteiger partial charge in [0.25, 0.3) is 5.91 Å². The first-order chi connectivity index (χ1) is 13.2. The van der Waals surface area contributed by atoms with Crippen molar-refractivity contribution in [2.75, 3.05) is 5.32 Å². The Morgan fingerprint density at radius 3 is 2.50 bits per heavy atom. The molecule has 6 heteroatoms. The van der Waals surface area contributed by atoms with Gasteiger partial charge >= 0.3 is 0 Å². The molecule has 2 N–H and O–H groups in total. The monoisotopic (exact) mass is 378 g/mol. The van der Waals surface area contributed by atoms with Crippen molar-refractivity contribution in [2.24, 2.45) is 0 Å². The van der Waals surface area contributed by atoms with E-state index in [1.165, 1.54) is 0 Å². The maximum atomic E-state index is 12.9. The molecule has 3 rings (SSSR count). The highest BCUT2D eigenvalue weighted by atomic mass is 16.2. The van der Waals surface area contributed by atoms with E-state index in [1.807, 2.05) is 63.5 Å². The molecule has 2 amide bonds. The van der Waals surface area contributed by atoms with Crippen molar-refractivity contribution in [2.45, 2.75) is 46.2 Å². The highest BCUT2D eigenvalue weighted by molar-refractivity contribution is 6.00. The van der Waals surface area contributed by atoms with Crippen LogP contribution < -0.4 is 10.6 Å². The molecule has 146 valence electrons. The van der Waals surface area contributed by atoms with Crippen molar-refractivity contribution in [1.82, 2.24) is 14.9 Å². The summed E-state index contributed by atoms with van der Waals surface area (Å²) in [6.07, 6.45) is 1.68. The predicted molar refractivity (Wildman–Crippen MR) is 111 cm³/mol. The second kappa shape index (κ2) is 7.46. The van der Waals surface area contributed by atoms with E-state index in [-0.39, 0.29) is 17.4 Å². The topological polar surface area (TPSA) is 76.0 Å². The molecule has 0 bridgehead atoms. The minimum Gasteiger partial charge on any atom is -0.347 e. The van der Waals surface area contributed by atoms with Crippen LogP contribution in [0.3, 0.4) is 0 Å². The summed E-state index contributed by atoms with van der Waals surface area (Å²) in [5, 5.41) is 5.91. The lowest BCUT2D eigenvalue weighted by Crippen LogP contribution is -2.40. The Hall–Kier alpha value is -3.15. The quantitative estimate of drug-likeness (QED) is 0.718. The fourth-order valence-corrected chi connectivity index (χ4v) is 3.08. The number of nitrogens with one attached hydrogen (secondary N) is 2. The van der Waals surface area contributed by atoms with Crippen LogP contribution in [0.1, 0.15) is 49.7 Å². The van der Waals surface area contributed by atoms with Gasteiger partial charge in [-0.2, -0.15) is 0 Å². The number of aromatic nitrogens is 2. The predicted octanol–water partition coefficient (Wildman–Crippen LogP) is 4.07. The van der Waals surface area contributed by atoms with Gasteiger partial charge in [-0.3, -0.25) is 9.59 Å². The van der Waals surface area contributed by atoms with Crippen LogP contribution in [0, 0.1) is 6.92 Å². The lowest BCUT2D eigenvalue weighted by atomic mass is 10.0. The molecule has 0 saturated heterocycles. The third-order valence-corrected chi connectivity index (χ3v) is 4.60. The van der Waals surface area contributed by atoms with Crippen molar-refractivity contribution in [1.29, 1.82) is 0 Å². The largest absolute Gasteiger partial charge is 0.347 e. The number of rotatable bonds is 4. The first kappa shape index (κ1) is 19.6. The molecule has 1 aromatic heterocycles. The molecule has 0 spiro atoms. The van der Waals surface area contributed by atoms with Crippen LogP contribution in [0.15, 0.2) is 48.8 Å². The molecule has 2 aromatic carbocycles. The molecule has 1 atom stereocenters. The Morgan fingerprint density at radius 2 is 1.79 bits per heavy atom. The zero-order valence-electron chi connectivity index (χ0n) is 16.9. The molecule has 0 radical (unpaired) electrons. The van der Waals surface area contributed by atoms with E-state index < -0.39 is 6.04 Å². The molecule has 0 fully saturated rings. The van der Waals surface area contributed by atoms with Gasteiger partial charge in [0.15, 0.2) is 0 Å². The van der Waals surface area contributed by atoms with Gasteiger partial charge in [0.1, 0.15) is 6.04 Å². The highest BCUT2D eigenvalue weighted by Gasteiger charge is 2.21. The molecule has 0 aliphatic rings. The molecule has 0 aliphatic carbocycles. The second-order valence-electron chi connectivity index (χ2n) is 7.99. The first-order valence-electron chi connectivity index (χ1n) is 9.32. The fraction of sp³-hybridized carbons (Fsp3) is 0.318. The summed E-state index contributed by atoms with van der Waals surface area (Å²) in [6, 6.07) is 12.6. The van der Waals surface area contributed by atoms with E-state index in [0.717, 1.165) is 16.6 Å². The third-order valence-electron chi connectivity index (χ3n) is 4.60. The van der Waals surface area contributed by atoms with Gasteiger partial charge in [0, 0.05) is 16.8 Å². The van der Waals surface area contributed by atoms with Gasteiger partial charge in [0.2, 0.25) is 5.91 Å². The molecule has 0 saturated carbocycles. The van der Waals surface area contributed by atoms with Crippen LogP contribution in [0.2, 0.25) is 0 Å². The van der Waals surface area contributed by atoms with Crippen molar-refractivity contribution in [3.8, 4) is 0 Å². The second-order valence-corrected chi connectivity index (χ2v) is 7.99. The van der Waals surface area contributed by atoms with Crippen LogP contribution in [-0.2, 0) is 4.79 Å². The lowest BCUT2D eigenvalue weighted by molar-refractivity contribution is -0.118. The molecule has 28 heavy (non-hydrogen) atoms. The van der Waals surface area contributed by atoms with E-state index in [2.05, 4.69) is 15.6 Å². The molecule has 0 aliphatic heterocycles. The van der Waals surface area contributed by atoms with Crippen LogP contribution in [0.4, 0.5) is 5.69 Å². The number of anilines is 1. The van der Waals surface area contributed by atoms with Gasteiger partial charge in [-0.1, -0.05) is 18.2 Å². The van der Waals surface area contributed by atoms with Gasteiger partial charge in [-0.25, -0.2) is 4.98 Å². The summed E-state index contributed by atoms with van der Waals surface area (Å²) >= 11 is 0. The van der Waals surface area contributed by atoms with E-state index in [9.17, 15) is 9.59 Å². The standard InChI is InChI=1S/C22H26N4O2/c1-14-16(21(28)25-22(3,4)5)9-8-11-17(14)24-20(27)15(2)26-13-23-18-10-6-7-12-19(18)26/h6-13,15H,1-5H3,(H,24,27)(H,25,28). The smallest absolute Gasteiger partial charge is 0.252 e. The van der Waals surface area contributed by atoms with Gasteiger partial charge in [0.05, 0.1) is 17.4 Å². The molecule has 1 unspecified atom stereocenters. The van der Waals surface area contributed by atoms with Crippen molar-refractivity contribution < 1.29 is 9.59 Å². The summed E-state index contributed by atoms with van der Waals surface area (Å²) in [4.78, 5) is 29.8. The van der Waals surface area contributed by atoms with E-state index in [4.69, 9.17) is 0 Å². The Labute approximate surface area is 165 Å². The number of carbonyl (C=O) groups excluding carboxylic acids is 2. The lowest BCUT2D eigenvalue weighted by Gasteiger charge is -2.22. The molecular formula is C22H26N4O2. The van der Waals surface area contributed by atoms with Crippen molar-refractivity contribution >= 4 is 28.5 Å². The van der Waals surface area contributed by atoms with Crippen LogP contribution in [0.25, 0.3) is 11.0 Å². The number of benzene rings is 2.